The minimum absolute atomic E-state index is 0.00362. The van der Waals surface area contributed by atoms with E-state index in [0.717, 1.165) is 25.9 Å². The predicted octanol–water partition coefficient (Wildman–Crippen LogP) is 0.375. The maximum absolute atomic E-state index is 12.1. The van der Waals surface area contributed by atoms with Gasteiger partial charge in [-0.1, -0.05) is 0 Å². The fraction of sp³-hybridized carbons (Fsp3) is 0.467. The van der Waals surface area contributed by atoms with Crippen LogP contribution in [0.4, 0.5) is 0 Å². The Hall–Kier alpha value is -2.08. The Morgan fingerprint density at radius 1 is 1.29 bits per heavy atom. The number of nitrogens with two attached hydrogens (primary N) is 1. The Morgan fingerprint density at radius 3 is 2.48 bits per heavy atom. The molecule has 114 valence electrons. The van der Waals surface area contributed by atoms with Crippen molar-refractivity contribution in [3.8, 4) is 5.75 Å². The fourth-order valence-corrected chi connectivity index (χ4v) is 2.36. The molecule has 1 saturated heterocycles. The molecule has 0 saturated carbocycles. The number of rotatable bonds is 5. The zero-order chi connectivity index (χ0) is 15.2. The number of benzene rings is 1. The van der Waals surface area contributed by atoms with E-state index in [1.54, 1.807) is 29.2 Å². The van der Waals surface area contributed by atoms with Crippen molar-refractivity contribution >= 4 is 11.8 Å². The van der Waals surface area contributed by atoms with E-state index in [1.807, 2.05) is 7.05 Å². The first-order chi connectivity index (χ1) is 10.1. The summed E-state index contributed by atoms with van der Waals surface area (Å²) in [7, 11) is 1.82. The molecule has 0 unspecified atom stereocenters. The maximum Gasteiger partial charge on any atom is 0.260 e. The lowest BCUT2D eigenvalue weighted by Gasteiger charge is -2.31. The zero-order valence-corrected chi connectivity index (χ0v) is 12.2. The Bertz CT molecular complexity index is 495. The number of carbonyl (C=O) groups excluding carboxylic acids is 2. The van der Waals surface area contributed by atoms with Gasteiger partial charge in [-0.05, 0) is 50.2 Å². The van der Waals surface area contributed by atoms with Gasteiger partial charge in [-0.2, -0.15) is 0 Å². The van der Waals surface area contributed by atoms with Crippen LogP contribution in [-0.2, 0) is 4.79 Å². The molecule has 6 nitrogen and oxygen atoms in total. The summed E-state index contributed by atoms with van der Waals surface area (Å²) in [5.41, 5.74) is 5.58. The second kappa shape index (κ2) is 7.08. The van der Waals surface area contributed by atoms with Crippen LogP contribution in [-0.4, -0.2) is 49.5 Å². The average Bonchev–Trinajstić information content (AvgIpc) is 2.53. The van der Waals surface area contributed by atoms with Crippen LogP contribution >= 0.6 is 0 Å². The van der Waals surface area contributed by atoms with Crippen LogP contribution in [0.2, 0.25) is 0 Å². The van der Waals surface area contributed by atoms with Crippen molar-refractivity contribution in [1.29, 1.82) is 0 Å². The van der Waals surface area contributed by atoms with Crippen LogP contribution in [0.25, 0.3) is 0 Å². The van der Waals surface area contributed by atoms with E-state index in [4.69, 9.17) is 10.5 Å². The van der Waals surface area contributed by atoms with Crippen molar-refractivity contribution in [1.82, 2.24) is 10.2 Å². The molecule has 1 heterocycles. The summed E-state index contributed by atoms with van der Waals surface area (Å²) >= 11 is 0. The van der Waals surface area contributed by atoms with E-state index in [1.165, 1.54) is 0 Å². The van der Waals surface area contributed by atoms with Gasteiger partial charge in [-0.25, -0.2) is 0 Å². The van der Waals surface area contributed by atoms with Gasteiger partial charge in [0.05, 0.1) is 0 Å². The van der Waals surface area contributed by atoms with E-state index >= 15 is 0 Å². The minimum atomic E-state index is -0.483. The highest BCUT2D eigenvalue weighted by molar-refractivity contribution is 5.92. The average molecular weight is 291 g/mol. The first kappa shape index (κ1) is 15.3. The molecule has 2 rings (SSSR count). The standard InChI is InChI=1S/C15H21N3O3/c1-18(12-6-8-17-9-7-12)14(19)10-21-13-4-2-11(3-5-13)15(16)20/h2-5,12,17H,6-10H2,1H3,(H2,16,20). The highest BCUT2D eigenvalue weighted by Crippen LogP contribution is 2.13. The number of hydrogen-bond donors (Lipinski definition) is 2. The van der Waals surface area contributed by atoms with Crippen molar-refractivity contribution in [2.24, 2.45) is 5.73 Å². The van der Waals surface area contributed by atoms with E-state index < -0.39 is 5.91 Å². The van der Waals surface area contributed by atoms with Crippen LogP contribution in [0, 0.1) is 0 Å². The number of hydrogen-bond acceptors (Lipinski definition) is 4. The molecule has 1 fully saturated rings. The summed E-state index contributed by atoms with van der Waals surface area (Å²) < 4.78 is 5.46. The molecule has 0 radical (unpaired) electrons. The van der Waals surface area contributed by atoms with Crippen molar-refractivity contribution in [2.45, 2.75) is 18.9 Å². The number of likely N-dealkylation sites (N-methyl/N-ethyl adjacent to an activating group) is 1. The summed E-state index contributed by atoms with van der Waals surface area (Å²) in [5.74, 6) is 0.0243. The lowest BCUT2D eigenvalue weighted by Crippen LogP contribution is -2.45. The number of primary amides is 1. The summed E-state index contributed by atoms with van der Waals surface area (Å²) in [5, 5.41) is 3.27. The van der Waals surface area contributed by atoms with Crippen molar-refractivity contribution in [3.05, 3.63) is 29.8 Å². The lowest BCUT2D eigenvalue weighted by atomic mass is 10.1. The van der Waals surface area contributed by atoms with Gasteiger partial charge in [0.15, 0.2) is 6.61 Å². The van der Waals surface area contributed by atoms with Crippen molar-refractivity contribution in [3.63, 3.8) is 0 Å². The van der Waals surface area contributed by atoms with E-state index in [-0.39, 0.29) is 18.6 Å². The van der Waals surface area contributed by atoms with Crippen LogP contribution in [0.1, 0.15) is 23.2 Å². The Morgan fingerprint density at radius 2 is 1.90 bits per heavy atom. The summed E-state index contributed by atoms with van der Waals surface area (Å²) in [4.78, 5) is 24.8. The number of ether oxygens (including phenoxy) is 1. The number of piperidine rings is 1. The van der Waals surface area contributed by atoms with E-state index in [9.17, 15) is 9.59 Å². The second-order valence-corrected chi connectivity index (χ2v) is 5.16. The quantitative estimate of drug-likeness (QED) is 0.821. The second-order valence-electron chi connectivity index (χ2n) is 5.16. The van der Waals surface area contributed by atoms with E-state index in [0.29, 0.717) is 11.3 Å². The molecule has 1 aliphatic heterocycles. The third-order valence-corrected chi connectivity index (χ3v) is 3.75. The molecular formula is C15H21N3O3. The largest absolute Gasteiger partial charge is 0.484 e. The minimum Gasteiger partial charge on any atom is -0.484 e. The first-order valence-electron chi connectivity index (χ1n) is 7.07. The van der Waals surface area contributed by atoms with Gasteiger partial charge in [0.2, 0.25) is 5.91 Å². The molecule has 3 N–H and O–H groups in total. The van der Waals surface area contributed by atoms with Crippen LogP contribution in [0.5, 0.6) is 5.75 Å². The van der Waals surface area contributed by atoms with Crippen molar-refractivity contribution in [2.75, 3.05) is 26.7 Å². The first-order valence-corrected chi connectivity index (χ1v) is 7.07. The Labute approximate surface area is 124 Å². The van der Waals surface area contributed by atoms with Gasteiger partial charge < -0.3 is 20.7 Å². The molecule has 2 amide bonds. The highest BCUT2D eigenvalue weighted by atomic mass is 16.5. The third-order valence-electron chi connectivity index (χ3n) is 3.75. The van der Waals surface area contributed by atoms with E-state index in [2.05, 4.69) is 5.32 Å². The Balaban J connectivity index is 1.83. The van der Waals surface area contributed by atoms with Crippen LogP contribution < -0.4 is 15.8 Å². The number of nitrogens with zero attached hydrogens (tertiary/aromatic N) is 1. The Kier molecular flexibility index (Phi) is 5.16. The molecule has 0 aliphatic carbocycles. The van der Waals surface area contributed by atoms with Gasteiger partial charge in [0.1, 0.15) is 5.75 Å². The lowest BCUT2D eigenvalue weighted by molar-refractivity contribution is -0.134. The molecule has 0 atom stereocenters. The summed E-state index contributed by atoms with van der Waals surface area (Å²) in [6.07, 6.45) is 1.94. The predicted molar refractivity (Wildman–Crippen MR) is 79.1 cm³/mol. The maximum atomic E-state index is 12.1. The molecule has 21 heavy (non-hydrogen) atoms. The molecule has 1 aromatic carbocycles. The van der Waals surface area contributed by atoms with Crippen molar-refractivity contribution < 1.29 is 14.3 Å². The number of nitrogens with one attached hydrogen (secondary N) is 1. The number of carbonyl (C=O) groups is 2. The smallest absolute Gasteiger partial charge is 0.260 e. The highest BCUT2D eigenvalue weighted by Gasteiger charge is 2.21. The molecule has 6 heteroatoms. The normalized spacial score (nSPS) is 15.5. The summed E-state index contributed by atoms with van der Waals surface area (Å²) in [6.45, 7) is 1.88. The topological polar surface area (TPSA) is 84.7 Å². The van der Waals surface area contributed by atoms with Gasteiger partial charge in [0, 0.05) is 18.7 Å². The monoisotopic (exact) mass is 291 g/mol. The molecule has 1 aromatic rings. The van der Waals surface area contributed by atoms with Gasteiger partial charge in [-0.15, -0.1) is 0 Å². The van der Waals surface area contributed by atoms with Gasteiger partial charge >= 0.3 is 0 Å². The van der Waals surface area contributed by atoms with Crippen LogP contribution in [0.3, 0.4) is 0 Å². The third kappa shape index (κ3) is 4.19. The molecular weight excluding hydrogens is 270 g/mol. The molecule has 0 aromatic heterocycles. The SMILES string of the molecule is CN(C(=O)COc1ccc(C(N)=O)cc1)C1CCNCC1. The molecule has 1 aliphatic rings. The molecule has 0 spiro atoms. The zero-order valence-electron chi connectivity index (χ0n) is 12.2. The number of amides is 2. The fourth-order valence-electron chi connectivity index (χ4n) is 2.36. The van der Waals surface area contributed by atoms with Crippen LogP contribution in [0.15, 0.2) is 24.3 Å². The molecule has 0 bridgehead atoms. The van der Waals surface area contributed by atoms with Gasteiger partial charge in [-0.3, -0.25) is 9.59 Å². The summed E-state index contributed by atoms with van der Waals surface area (Å²) in [6, 6.07) is 6.72. The van der Waals surface area contributed by atoms with Gasteiger partial charge in [0.25, 0.3) is 5.91 Å².